The fourth-order valence-electron chi connectivity index (χ4n) is 0. The first-order chi connectivity index (χ1) is 0. The summed E-state index contributed by atoms with van der Waals surface area (Å²) in [5.74, 6) is 0. The molecule has 0 saturated heterocycles. The van der Waals surface area contributed by atoms with Crippen molar-refractivity contribution in [1.82, 2.24) is 0 Å². The SMILES string of the molecule is [Ag].[Au].[Pd].[Pt].[Rh]. The summed E-state index contributed by atoms with van der Waals surface area (Å²) >= 11 is 0. The molecule has 0 bridgehead atoms. The molecule has 5 heavy (non-hydrogen) atoms. The standard InChI is InChI=1S/Ag.Au.Pd.Pt.Rh. The zero-order chi connectivity index (χ0) is 0. The monoisotopic (exact) mass is 708 g/mol. The van der Waals surface area contributed by atoms with Crippen molar-refractivity contribution in [3.05, 3.63) is 0 Å². The van der Waals surface area contributed by atoms with Gasteiger partial charge in [-0.2, -0.15) is 0 Å². The minimum absolute atomic E-state index is 0. The van der Waals surface area contributed by atoms with E-state index in [2.05, 4.69) is 0 Å². The van der Waals surface area contributed by atoms with E-state index in [0.717, 1.165) is 0 Å². The third kappa shape index (κ3) is 18.6. The molecule has 5 heteroatoms. The van der Waals surface area contributed by atoms with Crippen molar-refractivity contribution in [1.29, 1.82) is 0 Å². The summed E-state index contributed by atoms with van der Waals surface area (Å²) in [5.41, 5.74) is 0. The summed E-state index contributed by atoms with van der Waals surface area (Å²) in [4.78, 5) is 0. The third-order valence-corrected chi connectivity index (χ3v) is 0. The van der Waals surface area contributed by atoms with Gasteiger partial charge in [-0.1, -0.05) is 0 Å². The van der Waals surface area contributed by atoms with E-state index in [1.807, 2.05) is 0 Å². The van der Waals surface area contributed by atoms with Crippen LogP contribution in [0, 0.1) is 0 Å². The molecule has 0 heterocycles. The smallest absolute Gasteiger partial charge is 0 e. The van der Waals surface area contributed by atoms with Crippen LogP contribution < -0.4 is 0 Å². The predicted octanol–water partition coefficient (Wildman–Crippen LogP) is -0.0125. The van der Waals surface area contributed by atoms with Crippen LogP contribution in [0.15, 0.2) is 0 Å². The van der Waals surface area contributed by atoms with Crippen LogP contribution >= 0.6 is 0 Å². The van der Waals surface area contributed by atoms with E-state index in [1.165, 1.54) is 0 Å². The quantitative estimate of drug-likeness (QED) is 0.311. The molecular formula is AgAuPdPtRh. The second-order valence-electron chi connectivity index (χ2n) is 0. The largest absolute Gasteiger partial charge is 0 e. The van der Waals surface area contributed by atoms with E-state index in [1.54, 1.807) is 0 Å². The van der Waals surface area contributed by atoms with E-state index in [9.17, 15) is 0 Å². The van der Waals surface area contributed by atoms with E-state index in [-0.39, 0.29) is 106 Å². The van der Waals surface area contributed by atoms with Crippen LogP contribution in [0.25, 0.3) is 0 Å². The summed E-state index contributed by atoms with van der Waals surface area (Å²) in [6.45, 7) is 0. The molecule has 0 rings (SSSR count). The number of hydrogen-bond donors (Lipinski definition) is 0. The molecule has 3 radical (unpaired) electrons. The minimum atomic E-state index is 0. The van der Waals surface area contributed by atoms with Crippen molar-refractivity contribution in [2.24, 2.45) is 0 Å². The van der Waals surface area contributed by atoms with E-state index in [4.69, 9.17) is 0 Å². The Labute approximate surface area is 104 Å². The summed E-state index contributed by atoms with van der Waals surface area (Å²) in [7, 11) is 0. The molecular weight excluding hydrogens is 709 g/mol. The van der Waals surface area contributed by atoms with Crippen molar-refractivity contribution in [2.75, 3.05) is 0 Å². The zero-order valence-corrected chi connectivity index (χ0v) is 10.7. The van der Waals surface area contributed by atoms with Gasteiger partial charge in [0.25, 0.3) is 0 Å². The first-order valence-corrected chi connectivity index (χ1v) is 0. The average molecular weight is 709 g/mol. The molecule has 0 aliphatic carbocycles. The van der Waals surface area contributed by atoms with E-state index < -0.39 is 0 Å². The van der Waals surface area contributed by atoms with Crippen LogP contribution in [0.4, 0.5) is 0 Å². The molecule has 0 saturated carbocycles. The first kappa shape index (κ1) is 39.4. The van der Waals surface area contributed by atoms with Gasteiger partial charge >= 0.3 is 0 Å². The Morgan fingerprint density at radius 2 is 1.00 bits per heavy atom. The molecule has 51 valence electrons. The second kappa shape index (κ2) is 26.0. The molecule has 0 amide bonds. The molecule has 0 fully saturated rings. The van der Waals surface area contributed by atoms with Gasteiger partial charge in [-0.25, -0.2) is 0 Å². The molecule has 0 spiro atoms. The normalized spacial score (nSPS) is 0. The second-order valence-corrected chi connectivity index (χ2v) is 0. The maximum atomic E-state index is 0. The van der Waals surface area contributed by atoms with Crippen molar-refractivity contribution >= 4 is 0 Å². The Bertz CT molecular complexity index is 11.6. The number of hydrogen-bond acceptors (Lipinski definition) is 0. The molecule has 0 aliphatic heterocycles. The summed E-state index contributed by atoms with van der Waals surface area (Å²) < 4.78 is 0. The van der Waals surface area contributed by atoms with Gasteiger partial charge in [-0.3, -0.25) is 0 Å². The van der Waals surface area contributed by atoms with Gasteiger partial charge in [0, 0.05) is 106 Å². The van der Waals surface area contributed by atoms with Crippen LogP contribution in [0.2, 0.25) is 0 Å². The van der Waals surface area contributed by atoms with Crippen molar-refractivity contribution in [3.8, 4) is 0 Å². The first-order valence-electron chi connectivity index (χ1n) is 0. The van der Waals surface area contributed by atoms with Gasteiger partial charge in [0.1, 0.15) is 0 Å². The van der Waals surface area contributed by atoms with Crippen molar-refractivity contribution in [2.45, 2.75) is 0 Å². The van der Waals surface area contributed by atoms with Gasteiger partial charge in [-0.15, -0.1) is 0 Å². The van der Waals surface area contributed by atoms with Crippen molar-refractivity contribution < 1.29 is 106 Å². The summed E-state index contributed by atoms with van der Waals surface area (Å²) in [6, 6.07) is 0. The summed E-state index contributed by atoms with van der Waals surface area (Å²) in [6.07, 6.45) is 0. The average Bonchev–Trinajstić information content (AvgIpc) is 0. The van der Waals surface area contributed by atoms with Gasteiger partial charge in [0.2, 0.25) is 0 Å². The Balaban J connectivity index is 0. The van der Waals surface area contributed by atoms with E-state index >= 15 is 0 Å². The Morgan fingerprint density at radius 3 is 1.00 bits per heavy atom. The zero-order valence-electron chi connectivity index (χ0n) is 1.57. The van der Waals surface area contributed by atoms with Gasteiger partial charge in [0.15, 0.2) is 0 Å². The van der Waals surface area contributed by atoms with E-state index in [0.29, 0.717) is 0 Å². The van der Waals surface area contributed by atoms with Gasteiger partial charge in [-0.05, 0) is 0 Å². The van der Waals surface area contributed by atoms with Crippen LogP contribution in [-0.4, -0.2) is 0 Å². The molecule has 0 aromatic heterocycles. The summed E-state index contributed by atoms with van der Waals surface area (Å²) in [5, 5.41) is 0. The Hall–Kier alpha value is 3.45. The minimum Gasteiger partial charge on any atom is 0 e. The van der Waals surface area contributed by atoms with Crippen LogP contribution in [-0.2, 0) is 106 Å². The van der Waals surface area contributed by atoms with Gasteiger partial charge in [0.05, 0.1) is 0 Å². The van der Waals surface area contributed by atoms with Gasteiger partial charge < -0.3 is 0 Å². The molecule has 0 aromatic carbocycles. The molecule has 0 atom stereocenters. The van der Waals surface area contributed by atoms with Crippen LogP contribution in [0.3, 0.4) is 0 Å². The van der Waals surface area contributed by atoms with Crippen molar-refractivity contribution in [3.63, 3.8) is 0 Å². The molecule has 0 aromatic rings. The molecule has 0 nitrogen and oxygen atoms in total. The fourth-order valence-corrected chi connectivity index (χ4v) is 0. The topological polar surface area (TPSA) is 0 Å². The van der Waals surface area contributed by atoms with Crippen LogP contribution in [0.1, 0.15) is 0 Å². The molecule has 0 aliphatic rings. The number of rotatable bonds is 0. The Morgan fingerprint density at radius 1 is 1.00 bits per heavy atom. The Kier molecular flexibility index (Phi) is 205. The van der Waals surface area contributed by atoms with Crippen LogP contribution in [0.5, 0.6) is 0 Å². The third-order valence-electron chi connectivity index (χ3n) is 0. The molecule has 0 N–H and O–H groups in total. The maximum Gasteiger partial charge on any atom is 0 e. The maximum absolute atomic E-state index is 0. The predicted molar refractivity (Wildman–Crippen MR) is 0 cm³/mol. The fraction of sp³-hybridized carbons (Fsp3) is 0. The molecule has 0 unspecified atom stereocenters.